The summed E-state index contributed by atoms with van der Waals surface area (Å²) in [5.41, 5.74) is -0.491. The lowest BCUT2D eigenvalue weighted by Gasteiger charge is -2.27. The van der Waals surface area contributed by atoms with E-state index in [0.29, 0.717) is 25.7 Å². The highest BCUT2D eigenvalue weighted by Crippen LogP contribution is 2.18. The summed E-state index contributed by atoms with van der Waals surface area (Å²) in [6, 6.07) is 0.0143. The zero-order chi connectivity index (χ0) is 12.4. The highest BCUT2D eigenvalue weighted by atomic mass is 16.6. The number of rotatable bonds is 1. The van der Waals surface area contributed by atoms with Crippen molar-refractivity contribution in [3.05, 3.63) is 0 Å². The van der Waals surface area contributed by atoms with Crippen LogP contribution in [0.25, 0.3) is 0 Å². The molecule has 1 fully saturated rings. The van der Waals surface area contributed by atoms with Gasteiger partial charge in [-0.25, -0.2) is 4.79 Å². The summed E-state index contributed by atoms with van der Waals surface area (Å²) in [6.45, 7) is 5.45. The van der Waals surface area contributed by atoms with Crippen molar-refractivity contribution in [3.8, 4) is 0 Å². The Hall–Kier alpha value is -0.770. The number of aliphatic hydroxyl groups is 1. The van der Waals surface area contributed by atoms with Crippen LogP contribution in [0.15, 0.2) is 0 Å². The second-order valence-electron chi connectivity index (χ2n) is 4.99. The van der Waals surface area contributed by atoms with Crippen LogP contribution < -0.4 is 5.32 Å². The van der Waals surface area contributed by atoms with Crippen molar-refractivity contribution < 1.29 is 16.0 Å². The van der Waals surface area contributed by atoms with E-state index in [1.54, 1.807) is 0 Å². The number of amides is 1. The molecule has 88 valence electrons. The minimum absolute atomic E-state index is 0.0143. The SMILES string of the molecule is [2H]C1(O)CCC(NC(=O)OC(C)(C)C)CC1. The Kier molecular flexibility index (Phi) is 3.46. The molecular weight excluding hydrogens is 194 g/mol. The van der Waals surface area contributed by atoms with E-state index in [9.17, 15) is 9.90 Å². The molecule has 0 aromatic heterocycles. The molecule has 4 heteroatoms. The predicted octanol–water partition coefficient (Wildman–Crippen LogP) is 1.81. The number of alkyl carbamates (subject to hydrolysis) is 1. The minimum Gasteiger partial charge on any atom is -0.444 e. The van der Waals surface area contributed by atoms with Gasteiger partial charge in [0.15, 0.2) is 0 Å². The first-order valence-corrected chi connectivity index (χ1v) is 5.40. The summed E-state index contributed by atoms with van der Waals surface area (Å²) in [7, 11) is 0. The maximum absolute atomic E-state index is 11.4. The molecule has 4 nitrogen and oxygen atoms in total. The van der Waals surface area contributed by atoms with E-state index in [-0.39, 0.29) is 6.04 Å². The van der Waals surface area contributed by atoms with Gasteiger partial charge in [-0.15, -0.1) is 0 Å². The molecule has 0 heterocycles. The highest BCUT2D eigenvalue weighted by molar-refractivity contribution is 5.68. The third-order valence-corrected chi connectivity index (χ3v) is 2.28. The van der Waals surface area contributed by atoms with Gasteiger partial charge in [0.25, 0.3) is 0 Å². The first-order valence-electron chi connectivity index (χ1n) is 5.90. The Bertz CT molecular complexity index is 250. The normalized spacial score (nSPS) is 33.1. The molecule has 0 atom stereocenters. The van der Waals surface area contributed by atoms with Crippen LogP contribution >= 0.6 is 0 Å². The fraction of sp³-hybridized carbons (Fsp3) is 0.909. The van der Waals surface area contributed by atoms with Gasteiger partial charge in [0.05, 0.1) is 7.45 Å². The molecule has 1 amide bonds. The van der Waals surface area contributed by atoms with E-state index in [0.717, 1.165) is 0 Å². The number of ether oxygens (including phenoxy) is 1. The molecule has 1 saturated carbocycles. The quantitative estimate of drug-likeness (QED) is 0.703. The molecule has 0 aliphatic heterocycles. The molecule has 1 rings (SSSR count). The second kappa shape index (κ2) is 4.84. The van der Waals surface area contributed by atoms with Gasteiger partial charge in [-0.3, -0.25) is 0 Å². The Morgan fingerprint density at radius 2 is 1.93 bits per heavy atom. The Labute approximate surface area is 92.4 Å². The van der Waals surface area contributed by atoms with Crippen molar-refractivity contribution in [1.82, 2.24) is 5.32 Å². The van der Waals surface area contributed by atoms with E-state index in [1.165, 1.54) is 0 Å². The van der Waals surface area contributed by atoms with E-state index < -0.39 is 17.8 Å². The Morgan fingerprint density at radius 3 is 2.40 bits per heavy atom. The average Bonchev–Trinajstić information content (AvgIpc) is 2.05. The third kappa shape index (κ3) is 5.02. The zero-order valence-electron chi connectivity index (χ0n) is 10.7. The molecule has 0 unspecified atom stereocenters. The van der Waals surface area contributed by atoms with Crippen LogP contribution in [0.5, 0.6) is 0 Å². The van der Waals surface area contributed by atoms with Gasteiger partial charge in [-0.1, -0.05) is 0 Å². The van der Waals surface area contributed by atoms with Crippen LogP contribution in [0.1, 0.15) is 47.8 Å². The van der Waals surface area contributed by atoms with Gasteiger partial charge in [0, 0.05) is 6.04 Å². The number of hydrogen-bond donors (Lipinski definition) is 2. The first-order chi connectivity index (χ1) is 7.18. The van der Waals surface area contributed by atoms with Crippen LogP contribution in [0.4, 0.5) is 4.79 Å². The van der Waals surface area contributed by atoms with Crippen LogP contribution in [-0.4, -0.2) is 28.9 Å². The number of nitrogens with one attached hydrogen (secondary N) is 1. The summed E-state index contributed by atoms with van der Waals surface area (Å²) in [4.78, 5) is 11.4. The van der Waals surface area contributed by atoms with Gasteiger partial charge < -0.3 is 15.2 Å². The maximum Gasteiger partial charge on any atom is 0.407 e. The van der Waals surface area contributed by atoms with Crippen LogP contribution in [0, 0.1) is 0 Å². The molecule has 1 aliphatic rings. The summed E-state index contributed by atoms with van der Waals surface area (Å²) in [6.07, 6.45) is 0.304. The van der Waals surface area contributed by atoms with E-state index in [2.05, 4.69) is 5.32 Å². The van der Waals surface area contributed by atoms with Gasteiger partial charge in [0.2, 0.25) is 0 Å². The average molecular weight is 216 g/mol. The molecule has 0 spiro atoms. The number of hydrogen-bond acceptors (Lipinski definition) is 3. The molecular formula is C11H21NO3. The monoisotopic (exact) mass is 216 g/mol. The third-order valence-electron chi connectivity index (χ3n) is 2.28. The maximum atomic E-state index is 11.4. The smallest absolute Gasteiger partial charge is 0.407 e. The predicted molar refractivity (Wildman–Crippen MR) is 57.6 cm³/mol. The summed E-state index contributed by atoms with van der Waals surface area (Å²) < 4.78 is 12.6. The van der Waals surface area contributed by atoms with Gasteiger partial charge >= 0.3 is 6.09 Å². The second-order valence-corrected chi connectivity index (χ2v) is 4.99. The van der Waals surface area contributed by atoms with Crippen molar-refractivity contribution in [3.63, 3.8) is 0 Å². The van der Waals surface area contributed by atoms with Crippen molar-refractivity contribution in [1.29, 1.82) is 0 Å². The molecule has 0 radical (unpaired) electrons. The first kappa shape index (κ1) is 10.7. The number of carbonyl (C=O) groups excluding carboxylic acids is 1. The van der Waals surface area contributed by atoms with E-state index in [4.69, 9.17) is 6.11 Å². The Morgan fingerprint density at radius 1 is 1.40 bits per heavy atom. The molecule has 0 bridgehead atoms. The lowest BCUT2D eigenvalue weighted by molar-refractivity contribution is 0.0461. The van der Waals surface area contributed by atoms with Gasteiger partial charge in [-0.2, -0.15) is 0 Å². The minimum atomic E-state index is -1.31. The largest absolute Gasteiger partial charge is 0.444 e. The van der Waals surface area contributed by atoms with Crippen molar-refractivity contribution >= 4 is 6.09 Å². The lowest BCUT2D eigenvalue weighted by atomic mass is 9.93. The van der Waals surface area contributed by atoms with Crippen molar-refractivity contribution in [2.24, 2.45) is 0 Å². The molecule has 1 aliphatic carbocycles. The van der Waals surface area contributed by atoms with Gasteiger partial charge in [-0.05, 0) is 46.5 Å². The van der Waals surface area contributed by atoms with Crippen LogP contribution in [-0.2, 0) is 4.74 Å². The molecule has 0 aromatic rings. The van der Waals surface area contributed by atoms with Crippen molar-refractivity contribution in [2.75, 3.05) is 0 Å². The topological polar surface area (TPSA) is 58.6 Å². The highest BCUT2D eigenvalue weighted by Gasteiger charge is 2.23. The fourth-order valence-electron chi connectivity index (χ4n) is 1.57. The number of carbonyl (C=O) groups is 1. The van der Waals surface area contributed by atoms with Crippen LogP contribution in [0.2, 0.25) is 0 Å². The summed E-state index contributed by atoms with van der Waals surface area (Å²) in [5, 5.41) is 12.2. The lowest BCUT2D eigenvalue weighted by Crippen LogP contribution is -2.41. The molecule has 15 heavy (non-hydrogen) atoms. The summed E-state index contributed by atoms with van der Waals surface area (Å²) in [5.74, 6) is 0. The fourth-order valence-corrected chi connectivity index (χ4v) is 1.57. The molecule has 2 N–H and O–H groups in total. The molecule has 0 saturated heterocycles. The Balaban J connectivity index is 2.32. The molecule has 0 aromatic carbocycles. The summed E-state index contributed by atoms with van der Waals surface area (Å²) >= 11 is 0. The zero-order valence-corrected chi connectivity index (χ0v) is 9.67. The van der Waals surface area contributed by atoms with E-state index >= 15 is 0 Å². The van der Waals surface area contributed by atoms with E-state index in [1.807, 2.05) is 20.8 Å². The van der Waals surface area contributed by atoms with Crippen molar-refractivity contribution in [2.45, 2.75) is 64.2 Å². The van der Waals surface area contributed by atoms with Crippen LogP contribution in [0.3, 0.4) is 0 Å². The standard InChI is InChI=1S/C11H21NO3/c1-11(2,3)15-10(14)12-8-4-6-9(13)7-5-8/h8-9,13H,4-7H2,1-3H3,(H,12,14)/i9D. The van der Waals surface area contributed by atoms with Gasteiger partial charge in [0.1, 0.15) is 5.60 Å².